The van der Waals surface area contributed by atoms with E-state index in [1.165, 1.54) is 24.0 Å². The summed E-state index contributed by atoms with van der Waals surface area (Å²) in [6, 6.07) is 8.06. The molecule has 2 heterocycles. The standard InChI is InChI=1S/C15H16N2O3S/c1-9-13(14(18)19-2)21-15(17-9)16-8-11-7-10-5-3-4-6-12(10)20-11/h3-6,11H,7-8H2,1-2H3,(H,16,17). The van der Waals surface area contributed by atoms with Gasteiger partial charge in [0.2, 0.25) is 0 Å². The maximum absolute atomic E-state index is 11.6. The highest BCUT2D eigenvalue weighted by Gasteiger charge is 2.23. The minimum atomic E-state index is -0.345. The molecule has 0 fully saturated rings. The number of aryl methyl sites for hydroxylation is 1. The molecular weight excluding hydrogens is 288 g/mol. The molecule has 1 aromatic heterocycles. The Morgan fingerprint density at radius 1 is 1.52 bits per heavy atom. The van der Waals surface area contributed by atoms with Crippen molar-refractivity contribution in [3.05, 3.63) is 40.4 Å². The van der Waals surface area contributed by atoms with Gasteiger partial charge in [-0.3, -0.25) is 0 Å². The maximum atomic E-state index is 11.6. The molecule has 1 unspecified atom stereocenters. The number of para-hydroxylation sites is 1. The zero-order valence-corrected chi connectivity index (χ0v) is 12.7. The number of methoxy groups -OCH3 is 1. The molecule has 0 radical (unpaired) electrons. The average molecular weight is 304 g/mol. The SMILES string of the molecule is COC(=O)c1sc(NCC2Cc3ccccc3O2)nc1C. The molecule has 1 aliphatic rings. The fraction of sp³-hybridized carbons (Fsp3) is 0.333. The number of esters is 1. The predicted octanol–water partition coefficient (Wildman–Crippen LogP) is 2.65. The zero-order chi connectivity index (χ0) is 14.8. The molecule has 1 atom stereocenters. The van der Waals surface area contributed by atoms with Gasteiger partial charge in [-0.2, -0.15) is 0 Å². The van der Waals surface area contributed by atoms with Gasteiger partial charge in [0.05, 0.1) is 19.3 Å². The molecule has 0 saturated heterocycles. The summed E-state index contributed by atoms with van der Waals surface area (Å²) in [6.45, 7) is 2.46. The second kappa shape index (κ2) is 5.73. The molecule has 6 heteroatoms. The number of thiazole rings is 1. The van der Waals surface area contributed by atoms with Crippen LogP contribution in [0.1, 0.15) is 20.9 Å². The number of aromatic nitrogens is 1. The van der Waals surface area contributed by atoms with Gasteiger partial charge in [-0.1, -0.05) is 29.5 Å². The first-order valence-corrected chi connectivity index (χ1v) is 7.53. The molecule has 0 aliphatic carbocycles. The summed E-state index contributed by atoms with van der Waals surface area (Å²) in [5, 5.41) is 3.95. The van der Waals surface area contributed by atoms with Crippen molar-refractivity contribution in [2.45, 2.75) is 19.4 Å². The minimum Gasteiger partial charge on any atom is -0.488 e. The Morgan fingerprint density at radius 2 is 2.33 bits per heavy atom. The third-order valence-electron chi connectivity index (χ3n) is 3.36. The van der Waals surface area contributed by atoms with E-state index in [2.05, 4.69) is 16.4 Å². The lowest BCUT2D eigenvalue weighted by Crippen LogP contribution is -2.23. The number of carbonyl (C=O) groups excluding carboxylic acids is 1. The van der Waals surface area contributed by atoms with Crippen LogP contribution in [-0.4, -0.2) is 30.7 Å². The van der Waals surface area contributed by atoms with E-state index in [-0.39, 0.29) is 12.1 Å². The lowest BCUT2D eigenvalue weighted by molar-refractivity contribution is 0.0605. The van der Waals surface area contributed by atoms with Crippen LogP contribution in [0.2, 0.25) is 0 Å². The normalized spacial score (nSPS) is 16.2. The Morgan fingerprint density at radius 3 is 3.10 bits per heavy atom. The van der Waals surface area contributed by atoms with Crippen LogP contribution in [0.3, 0.4) is 0 Å². The third kappa shape index (κ3) is 2.85. The Balaban J connectivity index is 1.61. The number of anilines is 1. The first-order valence-electron chi connectivity index (χ1n) is 6.71. The van der Waals surface area contributed by atoms with E-state index in [1.807, 2.05) is 18.2 Å². The molecular formula is C15H16N2O3S. The Bertz CT molecular complexity index is 644. The molecule has 1 aromatic carbocycles. The monoisotopic (exact) mass is 304 g/mol. The fourth-order valence-electron chi connectivity index (χ4n) is 2.32. The highest BCUT2D eigenvalue weighted by Crippen LogP contribution is 2.29. The van der Waals surface area contributed by atoms with Crippen LogP contribution in [-0.2, 0) is 11.2 Å². The van der Waals surface area contributed by atoms with Crippen molar-refractivity contribution in [2.75, 3.05) is 19.0 Å². The number of hydrogen-bond acceptors (Lipinski definition) is 6. The molecule has 5 nitrogen and oxygen atoms in total. The number of ether oxygens (including phenoxy) is 2. The molecule has 21 heavy (non-hydrogen) atoms. The number of carbonyl (C=O) groups is 1. The van der Waals surface area contributed by atoms with Crippen LogP contribution in [0.15, 0.2) is 24.3 Å². The van der Waals surface area contributed by atoms with E-state index in [0.717, 1.165) is 12.2 Å². The summed E-state index contributed by atoms with van der Waals surface area (Å²) in [6.07, 6.45) is 0.977. The van der Waals surface area contributed by atoms with Crippen LogP contribution in [0, 0.1) is 6.92 Å². The van der Waals surface area contributed by atoms with Gasteiger partial charge in [0, 0.05) is 6.42 Å². The van der Waals surface area contributed by atoms with Crippen LogP contribution in [0.4, 0.5) is 5.13 Å². The number of hydrogen-bond donors (Lipinski definition) is 1. The Kier molecular flexibility index (Phi) is 3.79. The van der Waals surface area contributed by atoms with E-state index in [4.69, 9.17) is 9.47 Å². The summed E-state index contributed by atoms with van der Waals surface area (Å²) >= 11 is 1.31. The highest BCUT2D eigenvalue weighted by atomic mass is 32.1. The fourth-order valence-corrected chi connectivity index (χ4v) is 3.21. The van der Waals surface area contributed by atoms with Crippen LogP contribution < -0.4 is 10.1 Å². The summed E-state index contributed by atoms with van der Waals surface area (Å²) < 4.78 is 10.6. The van der Waals surface area contributed by atoms with Gasteiger partial charge in [-0.25, -0.2) is 9.78 Å². The van der Waals surface area contributed by atoms with E-state index in [9.17, 15) is 4.79 Å². The molecule has 2 aromatic rings. The quantitative estimate of drug-likeness (QED) is 0.880. The van der Waals surface area contributed by atoms with Crippen molar-refractivity contribution in [3.63, 3.8) is 0 Å². The largest absolute Gasteiger partial charge is 0.488 e. The third-order valence-corrected chi connectivity index (χ3v) is 4.46. The molecule has 1 N–H and O–H groups in total. The van der Waals surface area contributed by atoms with Gasteiger partial charge in [0.25, 0.3) is 0 Å². The van der Waals surface area contributed by atoms with Crippen molar-refractivity contribution >= 4 is 22.4 Å². The van der Waals surface area contributed by atoms with Crippen LogP contribution >= 0.6 is 11.3 Å². The van der Waals surface area contributed by atoms with Crippen molar-refractivity contribution < 1.29 is 14.3 Å². The zero-order valence-electron chi connectivity index (χ0n) is 11.9. The van der Waals surface area contributed by atoms with Crippen molar-refractivity contribution in [2.24, 2.45) is 0 Å². The maximum Gasteiger partial charge on any atom is 0.350 e. The Hall–Kier alpha value is -2.08. The lowest BCUT2D eigenvalue weighted by Gasteiger charge is -2.10. The predicted molar refractivity (Wildman–Crippen MR) is 81.2 cm³/mol. The van der Waals surface area contributed by atoms with Gasteiger partial charge in [-0.15, -0.1) is 0 Å². The molecule has 110 valence electrons. The smallest absolute Gasteiger partial charge is 0.350 e. The van der Waals surface area contributed by atoms with Gasteiger partial charge in [0.15, 0.2) is 5.13 Å². The number of rotatable bonds is 4. The average Bonchev–Trinajstić information content (AvgIpc) is 3.07. The summed E-state index contributed by atoms with van der Waals surface area (Å²) in [4.78, 5) is 16.4. The summed E-state index contributed by atoms with van der Waals surface area (Å²) in [7, 11) is 1.37. The van der Waals surface area contributed by atoms with Crippen molar-refractivity contribution in [1.29, 1.82) is 0 Å². The number of benzene rings is 1. The van der Waals surface area contributed by atoms with Crippen LogP contribution in [0.5, 0.6) is 5.75 Å². The van der Waals surface area contributed by atoms with E-state index in [1.54, 1.807) is 6.92 Å². The second-order valence-corrected chi connectivity index (χ2v) is 5.86. The van der Waals surface area contributed by atoms with E-state index >= 15 is 0 Å². The molecule has 0 spiro atoms. The number of nitrogens with one attached hydrogen (secondary N) is 1. The van der Waals surface area contributed by atoms with Crippen molar-refractivity contribution in [3.8, 4) is 5.75 Å². The van der Waals surface area contributed by atoms with Gasteiger partial charge >= 0.3 is 5.97 Å². The van der Waals surface area contributed by atoms with Gasteiger partial charge < -0.3 is 14.8 Å². The first kappa shape index (κ1) is 13.9. The Labute approximate surface area is 126 Å². The topological polar surface area (TPSA) is 60.5 Å². The van der Waals surface area contributed by atoms with E-state index in [0.29, 0.717) is 22.2 Å². The van der Waals surface area contributed by atoms with Crippen LogP contribution in [0.25, 0.3) is 0 Å². The first-order chi connectivity index (χ1) is 10.2. The van der Waals surface area contributed by atoms with Crippen molar-refractivity contribution in [1.82, 2.24) is 4.98 Å². The van der Waals surface area contributed by atoms with E-state index < -0.39 is 0 Å². The lowest BCUT2D eigenvalue weighted by atomic mass is 10.1. The number of nitrogens with zero attached hydrogens (tertiary/aromatic N) is 1. The molecule has 1 aliphatic heterocycles. The molecule has 0 saturated carbocycles. The second-order valence-electron chi connectivity index (χ2n) is 4.86. The van der Waals surface area contributed by atoms with Gasteiger partial charge in [0.1, 0.15) is 16.7 Å². The highest BCUT2D eigenvalue weighted by molar-refractivity contribution is 7.17. The van der Waals surface area contributed by atoms with Gasteiger partial charge in [-0.05, 0) is 18.6 Å². The summed E-state index contributed by atoms with van der Waals surface area (Å²) in [5.41, 5.74) is 1.92. The molecule has 0 bridgehead atoms. The molecule has 0 amide bonds. The number of fused-ring (bicyclic) bond motifs is 1. The summed E-state index contributed by atoms with van der Waals surface area (Å²) in [5.74, 6) is 0.609. The minimum absolute atomic E-state index is 0.0909. The molecule has 3 rings (SSSR count).